The van der Waals surface area contributed by atoms with Crippen LogP contribution in [0.1, 0.15) is 25.0 Å². The normalized spacial score (nSPS) is 13.2. The zero-order valence-corrected chi connectivity index (χ0v) is 31.9. The highest BCUT2D eigenvalue weighted by Crippen LogP contribution is 2.51. The second kappa shape index (κ2) is 12.6. The molecule has 256 valence electrons. The summed E-state index contributed by atoms with van der Waals surface area (Å²) in [5, 5.41) is 4.25. The number of hydrogen-bond acceptors (Lipinski definition) is 3. The Balaban J connectivity index is 1.10. The maximum absolute atomic E-state index is 4.99. The molecule has 53 heavy (non-hydrogen) atoms. The molecule has 8 aromatic rings. The van der Waals surface area contributed by atoms with Crippen molar-refractivity contribution >= 4 is 24.0 Å². The first-order chi connectivity index (χ1) is 25.6. The molecule has 0 fully saturated rings. The first-order valence-corrected chi connectivity index (χ1v) is 21.9. The molecule has 9 rings (SSSR count). The molecule has 1 aliphatic carbocycles. The first kappa shape index (κ1) is 32.9. The van der Waals surface area contributed by atoms with Crippen LogP contribution in [0.3, 0.4) is 0 Å². The largest absolute Gasteiger partial charge is 0.208 e. The van der Waals surface area contributed by atoms with E-state index in [4.69, 9.17) is 15.0 Å². The van der Waals surface area contributed by atoms with Crippen LogP contribution in [0.4, 0.5) is 0 Å². The highest BCUT2D eigenvalue weighted by molar-refractivity contribution is 6.90. The van der Waals surface area contributed by atoms with Gasteiger partial charge in [-0.3, -0.25) is 0 Å². The van der Waals surface area contributed by atoms with E-state index in [1.165, 1.54) is 54.9 Å². The zero-order chi connectivity index (χ0) is 36.3. The van der Waals surface area contributed by atoms with Gasteiger partial charge in [0.05, 0.1) is 8.07 Å². The quantitative estimate of drug-likeness (QED) is 0.162. The van der Waals surface area contributed by atoms with Crippen LogP contribution in [0.15, 0.2) is 158 Å². The summed E-state index contributed by atoms with van der Waals surface area (Å²) in [6.45, 7) is 12.0. The number of rotatable bonds is 6. The van der Waals surface area contributed by atoms with Crippen LogP contribution >= 0.6 is 0 Å². The summed E-state index contributed by atoms with van der Waals surface area (Å²) < 4.78 is 0. The van der Waals surface area contributed by atoms with Crippen molar-refractivity contribution in [1.82, 2.24) is 15.0 Å². The Bertz CT molecular complexity index is 2620. The van der Waals surface area contributed by atoms with E-state index in [1.807, 2.05) is 60.7 Å². The fourth-order valence-corrected chi connectivity index (χ4v) is 9.67. The molecule has 0 spiro atoms. The Kier molecular flexibility index (Phi) is 7.83. The van der Waals surface area contributed by atoms with E-state index in [1.54, 1.807) is 0 Å². The van der Waals surface area contributed by atoms with Crippen LogP contribution in [-0.4, -0.2) is 23.0 Å². The third-order valence-corrected chi connectivity index (χ3v) is 12.9. The second-order valence-electron chi connectivity index (χ2n) is 15.7. The minimum Gasteiger partial charge on any atom is -0.208 e. The number of nitrogens with zero attached hydrogens (tertiary/aromatic N) is 3. The molecule has 0 aliphatic heterocycles. The molecule has 0 N–H and O–H groups in total. The fourth-order valence-electron chi connectivity index (χ4n) is 8.06. The monoisotopic (exact) mass is 699 g/mol. The van der Waals surface area contributed by atoms with Gasteiger partial charge >= 0.3 is 0 Å². The Labute approximate surface area is 313 Å². The highest BCUT2D eigenvalue weighted by Gasteiger charge is 2.36. The molecule has 0 saturated heterocycles. The molecule has 4 heteroatoms. The van der Waals surface area contributed by atoms with Crippen LogP contribution in [0.5, 0.6) is 0 Å². The summed E-state index contributed by atoms with van der Waals surface area (Å²) in [5.74, 6) is 1.99. The van der Waals surface area contributed by atoms with Gasteiger partial charge in [-0.1, -0.05) is 178 Å². The Hall–Kier alpha value is -5.97. The molecule has 7 aromatic carbocycles. The van der Waals surface area contributed by atoms with Crippen molar-refractivity contribution in [3.63, 3.8) is 0 Å². The van der Waals surface area contributed by atoms with Crippen molar-refractivity contribution in [3.05, 3.63) is 169 Å². The van der Waals surface area contributed by atoms with Crippen LogP contribution in [0.2, 0.25) is 19.6 Å². The topological polar surface area (TPSA) is 38.7 Å². The van der Waals surface area contributed by atoms with Crippen molar-refractivity contribution in [2.75, 3.05) is 0 Å². The number of aromatic nitrogens is 3. The molecule has 0 saturated carbocycles. The van der Waals surface area contributed by atoms with Gasteiger partial charge in [-0.05, 0) is 73.5 Å². The molecule has 1 aromatic heterocycles. The van der Waals surface area contributed by atoms with Gasteiger partial charge in [-0.2, -0.15) is 0 Å². The van der Waals surface area contributed by atoms with Gasteiger partial charge in [0.15, 0.2) is 17.5 Å². The number of fused-ring (bicyclic) bond motifs is 4. The lowest BCUT2D eigenvalue weighted by molar-refractivity contribution is 0.661. The predicted molar refractivity (Wildman–Crippen MR) is 225 cm³/mol. The van der Waals surface area contributed by atoms with E-state index >= 15 is 0 Å². The molecule has 0 amide bonds. The second-order valence-corrected chi connectivity index (χ2v) is 20.8. The SMILES string of the molecule is CC1(C)c2cc(-c3cccc(-c4nc(-c5ccccc5)nc(-c5ccccc5)n4)c3)ccc2-c2ccc(-c3ccc([Si](C)(C)C)c4ccccc34)cc21. The van der Waals surface area contributed by atoms with Crippen LogP contribution in [0.25, 0.3) is 78.3 Å². The molecule has 0 unspecified atom stereocenters. The molecule has 1 aliphatic rings. The molecule has 0 atom stereocenters. The molecule has 0 bridgehead atoms. The van der Waals surface area contributed by atoms with Crippen molar-refractivity contribution in [3.8, 4) is 67.5 Å². The van der Waals surface area contributed by atoms with Crippen molar-refractivity contribution < 1.29 is 0 Å². The fraction of sp³-hybridized carbons (Fsp3) is 0.122. The van der Waals surface area contributed by atoms with E-state index in [9.17, 15) is 0 Å². The van der Waals surface area contributed by atoms with Gasteiger partial charge in [0.25, 0.3) is 0 Å². The van der Waals surface area contributed by atoms with Gasteiger partial charge in [-0.25, -0.2) is 15.0 Å². The third kappa shape index (κ3) is 5.80. The lowest BCUT2D eigenvalue weighted by Crippen LogP contribution is -2.38. The van der Waals surface area contributed by atoms with E-state index < -0.39 is 8.07 Å². The summed E-state index contributed by atoms with van der Waals surface area (Å²) >= 11 is 0. The van der Waals surface area contributed by atoms with E-state index in [-0.39, 0.29) is 5.41 Å². The van der Waals surface area contributed by atoms with Crippen molar-refractivity contribution in [2.45, 2.75) is 38.9 Å². The summed E-state index contributed by atoms with van der Waals surface area (Å²) in [5.41, 5.74) is 13.0. The van der Waals surface area contributed by atoms with Gasteiger partial charge < -0.3 is 0 Å². The standard InChI is InChI=1S/C49H41N3Si/c1-49(2)43-30-35(23-25-40(43)41-26-24-36(31-44(41)49)38-27-28-45(53(3,4)5)42-22-13-12-21-39(38)42)34-19-14-20-37(29-34)48-51-46(32-15-8-6-9-16-32)50-47(52-48)33-17-10-7-11-18-33/h6-31H,1-5H3. The molecule has 0 radical (unpaired) electrons. The van der Waals surface area contributed by atoms with Gasteiger partial charge in [0, 0.05) is 22.1 Å². The molecule has 1 heterocycles. The maximum atomic E-state index is 4.99. The Morgan fingerprint density at radius 2 is 0.830 bits per heavy atom. The summed E-state index contributed by atoms with van der Waals surface area (Å²) in [4.78, 5) is 14.9. The van der Waals surface area contributed by atoms with Crippen molar-refractivity contribution in [2.24, 2.45) is 0 Å². The van der Waals surface area contributed by atoms with E-state index in [0.29, 0.717) is 17.5 Å². The minimum atomic E-state index is -1.50. The average molecular weight is 700 g/mol. The number of hydrogen-bond donors (Lipinski definition) is 0. The average Bonchev–Trinajstić information content (AvgIpc) is 3.42. The lowest BCUT2D eigenvalue weighted by atomic mass is 9.80. The van der Waals surface area contributed by atoms with Gasteiger partial charge in [0.1, 0.15) is 0 Å². The van der Waals surface area contributed by atoms with Crippen LogP contribution in [0, 0.1) is 0 Å². The zero-order valence-electron chi connectivity index (χ0n) is 30.9. The van der Waals surface area contributed by atoms with Crippen molar-refractivity contribution in [1.29, 1.82) is 0 Å². The highest BCUT2D eigenvalue weighted by atomic mass is 28.3. The van der Waals surface area contributed by atoms with Gasteiger partial charge in [0.2, 0.25) is 0 Å². The first-order valence-electron chi connectivity index (χ1n) is 18.4. The molecular formula is C49H41N3Si. The summed E-state index contributed by atoms with van der Waals surface area (Å²) in [7, 11) is -1.50. The lowest BCUT2D eigenvalue weighted by Gasteiger charge is -2.23. The third-order valence-electron chi connectivity index (χ3n) is 10.9. The molecular weight excluding hydrogens is 659 g/mol. The van der Waals surface area contributed by atoms with E-state index in [2.05, 4.69) is 131 Å². The smallest absolute Gasteiger partial charge is 0.164 e. The summed E-state index contributed by atoms with van der Waals surface area (Å²) in [6.07, 6.45) is 0. The molecule has 3 nitrogen and oxygen atoms in total. The van der Waals surface area contributed by atoms with E-state index in [0.717, 1.165) is 22.3 Å². The minimum absolute atomic E-state index is 0.161. The van der Waals surface area contributed by atoms with Crippen LogP contribution < -0.4 is 5.19 Å². The maximum Gasteiger partial charge on any atom is 0.164 e. The summed E-state index contributed by atoms with van der Waals surface area (Å²) in [6, 6.07) is 56.6. The Morgan fingerprint density at radius 3 is 1.43 bits per heavy atom. The van der Waals surface area contributed by atoms with Gasteiger partial charge in [-0.15, -0.1) is 0 Å². The van der Waals surface area contributed by atoms with Crippen LogP contribution in [-0.2, 0) is 5.41 Å². The Morgan fingerprint density at radius 1 is 0.377 bits per heavy atom. The predicted octanol–water partition coefficient (Wildman–Crippen LogP) is 12.2. The number of benzene rings is 7.